The van der Waals surface area contributed by atoms with Gasteiger partial charge in [-0.1, -0.05) is 24.0 Å². The number of rotatable bonds is 3. The Morgan fingerprint density at radius 1 is 0.931 bits per heavy atom. The summed E-state index contributed by atoms with van der Waals surface area (Å²) in [7, 11) is 0. The van der Waals surface area contributed by atoms with Gasteiger partial charge < -0.3 is 0 Å². The van der Waals surface area contributed by atoms with Gasteiger partial charge in [0, 0.05) is 34.6 Å². The zero-order chi connectivity index (χ0) is 20.6. The zero-order valence-electron chi connectivity index (χ0n) is 14.9. The Morgan fingerprint density at radius 3 is 2.34 bits per heavy atom. The molecular formula is C20H15N5O4. The highest BCUT2D eigenvalue weighted by atomic mass is 16.5. The number of carbonyl (C=O) groups is 2. The number of carbonyl (C=O) groups excluding carboxylic acids is 2. The maximum atomic E-state index is 11.8. The Bertz CT molecular complexity index is 1090. The van der Waals surface area contributed by atoms with Crippen molar-refractivity contribution < 1.29 is 20.0 Å². The molecule has 144 valence electrons. The molecule has 0 fully saturated rings. The molecule has 9 heteroatoms. The van der Waals surface area contributed by atoms with E-state index in [0.717, 1.165) is 11.1 Å². The van der Waals surface area contributed by atoms with E-state index in [4.69, 9.17) is 10.4 Å². The van der Waals surface area contributed by atoms with Crippen LogP contribution in [0.5, 0.6) is 0 Å². The summed E-state index contributed by atoms with van der Waals surface area (Å²) in [5.74, 6) is 5.25. The van der Waals surface area contributed by atoms with Gasteiger partial charge in [-0.3, -0.25) is 25.5 Å². The standard InChI is InChI=1S/C20H15N5O4/c26-19(24-28)16-10-17(22-18(11-16)23-20(27)25-29)15-7-5-13(6-8-15)3-4-14-2-1-9-21-12-14/h1-2,5-12,28-29H,(H,24,26)(H2,22,23,25,27). The number of hydrogen-bond acceptors (Lipinski definition) is 6. The van der Waals surface area contributed by atoms with E-state index >= 15 is 0 Å². The predicted octanol–water partition coefficient (Wildman–Crippen LogP) is 2.17. The van der Waals surface area contributed by atoms with Crippen LogP contribution < -0.4 is 16.3 Å². The van der Waals surface area contributed by atoms with Crippen LogP contribution in [0.3, 0.4) is 0 Å². The minimum atomic E-state index is -0.925. The first kappa shape index (κ1) is 19.5. The molecule has 29 heavy (non-hydrogen) atoms. The molecule has 0 aliphatic carbocycles. The van der Waals surface area contributed by atoms with Crippen LogP contribution >= 0.6 is 0 Å². The number of anilines is 1. The molecule has 3 rings (SSSR count). The van der Waals surface area contributed by atoms with Crippen LogP contribution in [-0.4, -0.2) is 32.3 Å². The number of aromatic nitrogens is 2. The summed E-state index contributed by atoms with van der Waals surface area (Å²) < 4.78 is 0. The van der Waals surface area contributed by atoms with E-state index in [0.29, 0.717) is 11.3 Å². The van der Waals surface area contributed by atoms with Crippen LogP contribution in [0.1, 0.15) is 21.5 Å². The van der Waals surface area contributed by atoms with Crippen molar-refractivity contribution in [3.8, 4) is 23.1 Å². The van der Waals surface area contributed by atoms with Crippen molar-refractivity contribution in [1.82, 2.24) is 20.9 Å². The highest BCUT2D eigenvalue weighted by Gasteiger charge is 2.12. The Hall–Kier alpha value is -4.26. The molecule has 3 amide bonds. The summed E-state index contributed by atoms with van der Waals surface area (Å²) >= 11 is 0. The Morgan fingerprint density at radius 2 is 1.69 bits per heavy atom. The van der Waals surface area contributed by atoms with Crippen LogP contribution in [0.2, 0.25) is 0 Å². The van der Waals surface area contributed by atoms with Gasteiger partial charge in [-0.05, 0) is 36.4 Å². The fourth-order valence-corrected chi connectivity index (χ4v) is 2.39. The Labute approximate surface area is 165 Å². The van der Waals surface area contributed by atoms with Crippen LogP contribution in [0.25, 0.3) is 11.3 Å². The van der Waals surface area contributed by atoms with Gasteiger partial charge in [0.2, 0.25) is 0 Å². The van der Waals surface area contributed by atoms with E-state index in [1.165, 1.54) is 23.1 Å². The molecule has 5 N–H and O–H groups in total. The number of pyridine rings is 2. The second-order valence-corrected chi connectivity index (χ2v) is 5.70. The van der Waals surface area contributed by atoms with E-state index in [1.54, 1.807) is 42.7 Å². The average Bonchev–Trinajstić information content (AvgIpc) is 2.77. The minimum Gasteiger partial charge on any atom is -0.291 e. The molecule has 1 aromatic carbocycles. The summed E-state index contributed by atoms with van der Waals surface area (Å²) in [4.78, 5) is 31.4. The Balaban J connectivity index is 1.90. The average molecular weight is 389 g/mol. The SMILES string of the molecule is O=C(NO)Nc1cc(C(=O)NO)cc(-c2ccc(C#Cc3cccnc3)cc2)n1. The molecule has 0 aliphatic heterocycles. The topological polar surface area (TPSA) is 136 Å². The summed E-state index contributed by atoms with van der Waals surface area (Å²) in [6.45, 7) is 0. The van der Waals surface area contributed by atoms with Crippen LogP contribution in [-0.2, 0) is 0 Å². The number of urea groups is 1. The first-order valence-corrected chi connectivity index (χ1v) is 8.29. The van der Waals surface area contributed by atoms with E-state index < -0.39 is 11.9 Å². The first-order chi connectivity index (χ1) is 14.1. The third kappa shape index (κ3) is 5.14. The van der Waals surface area contributed by atoms with Gasteiger partial charge in [0.25, 0.3) is 5.91 Å². The maximum absolute atomic E-state index is 11.8. The molecular weight excluding hydrogens is 374 g/mol. The monoisotopic (exact) mass is 389 g/mol. The normalized spacial score (nSPS) is 9.72. The largest absolute Gasteiger partial charge is 0.344 e. The zero-order valence-corrected chi connectivity index (χ0v) is 14.9. The fourth-order valence-electron chi connectivity index (χ4n) is 2.39. The molecule has 9 nitrogen and oxygen atoms in total. The maximum Gasteiger partial charge on any atom is 0.344 e. The first-order valence-electron chi connectivity index (χ1n) is 8.29. The molecule has 0 saturated heterocycles. The van der Waals surface area contributed by atoms with Crippen LogP contribution in [0.15, 0.2) is 60.9 Å². The second-order valence-electron chi connectivity index (χ2n) is 5.70. The van der Waals surface area contributed by atoms with Crippen molar-refractivity contribution in [2.75, 3.05) is 5.32 Å². The summed E-state index contributed by atoms with van der Waals surface area (Å²) in [6.07, 6.45) is 3.34. The van der Waals surface area contributed by atoms with Crippen LogP contribution in [0.4, 0.5) is 10.6 Å². The minimum absolute atomic E-state index is 0.00750. The van der Waals surface area contributed by atoms with Gasteiger partial charge in [0.05, 0.1) is 5.69 Å². The molecule has 0 spiro atoms. The lowest BCUT2D eigenvalue weighted by Gasteiger charge is -2.09. The van der Waals surface area contributed by atoms with Crippen molar-refractivity contribution in [1.29, 1.82) is 0 Å². The molecule has 2 heterocycles. The van der Waals surface area contributed by atoms with Gasteiger partial charge in [-0.2, -0.15) is 0 Å². The number of hydroxylamine groups is 2. The highest BCUT2D eigenvalue weighted by Crippen LogP contribution is 2.22. The van der Waals surface area contributed by atoms with Gasteiger partial charge in [-0.25, -0.2) is 20.7 Å². The molecule has 3 aromatic rings. The molecule has 0 radical (unpaired) electrons. The summed E-state index contributed by atoms with van der Waals surface area (Å²) in [5.41, 5.74) is 5.57. The van der Waals surface area contributed by atoms with Crippen molar-refractivity contribution in [2.45, 2.75) is 0 Å². The summed E-state index contributed by atoms with van der Waals surface area (Å²) in [6, 6.07) is 12.5. The molecule has 0 aliphatic rings. The van der Waals surface area contributed by atoms with Gasteiger partial charge in [0.15, 0.2) is 0 Å². The lowest BCUT2D eigenvalue weighted by atomic mass is 10.1. The quantitative estimate of drug-likeness (QED) is 0.265. The van der Waals surface area contributed by atoms with Gasteiger partial charge >= 0.3 is 6.03 Å². The number of hydrogen-bond donors (Lipinski definition) is 5. The predicted molar refractivity (Wildman–Crippen MR) is 103 cm³/mol. The highest BCUT2D eigenvalue weighted by molar-refractivity contribution is 5.96. The third-order valence-corrected chi connectivity index (χ3v) is 3.73. The number of nitrogens with one attached hydrogen (secondary N) is 3. The fraction of sp³-hybridized carbons (Fsp3) is 0. The van der Waals surface area contributed by atoms with E-state index in [1.807, 2.05) is 6.07 Å². The third-order valence-electron chi connectivity index (χ3n) is 3.73. The van der Waals surface area contributed by atoms with Gasteiger partial charge in [-0.15, -0.1) is 0 Å². The van der Waals surface area contributed by atoms with E-state index in [2.05, 4.69) is 27.1 Å². The van der Waals surface area contributed by atoms with E-state index in [9.17, 15) is 9.59 Å². The molecule has 0 atom stereocenters. The number of amides is 3. The van der Waals surface area contributed by atoms with Crippen molar-refractivity contribution in [2.24, 2.45) is 0 Å². The molecule has 0 saturated carbocycles. The van der Waals surface area contributed by atoms with Crippen molar-refractivity contribution in [3.63, 3.8) is 0 Å². The smallest absolute Gasteiger partial charge is 0.291 e. The van der Waals surface area contributed by atoms with E-state index in [-0.39, 0.29) is 11.4 Å². The van der Waals surface area contributed by atoms with Gasteiger partial charge in [0.1, 0.15) is 5.82 Å². The lowest BCUT2D eigenvalue weighted by Crippen LogP contribution is -2.26. The molecule has 2 aromatic heterocycles. The van der Waals surface area contributed by atoms with Crippen molar-refractivity contribution in [3.05, 3.63) is 77.6 Å². The van der Waals surface area contributed by atoms with Crippen molar-refractivity contribution >= 4 is 17.8 Å². The number of nitrogens with zero attached hydrogens (tertiary/aromatic N) is 2. The second kappa shape index (κ2) is 9.09. The lowest BCUT2D eigenvalue weighted by molar-refractivity contribution is 0.0706. The Kier molecular flexibility index (Phi) is 6.12. The number of benzene rings is 1. The van der Waals surface area contributed by atoms with Crippen LogP contribution in [0, 0.1) is 11.8 Å². The summed E-state index contributed by atoms with van der Waals surface area (Å²) in [5, 5.41) is 19.8. The molecule has 0 bridgehead atoms. The molecule has 0 unspecified atom stereocenters.